The Morgan fingerprint density at radius 2 is 1.86 bits per heavy atom. The van der Waals surface area contributed by atoms with Crippen LogP contribution in [0, 0.1) is 17.6 Å². The topological polar surface area (TPSA) is 54.4 Å². The summed E-state index contributed by atoms with van der Waals surface area (Å²) < 4.78 is 51.3. The van der Waals surface area contributed by atoms with Gasteiger partial charge >= 0.3 is 0 Å². The third kappa shape index (κ3) is 3.81. The summed E-state index contributed by atoms with van der Waals surface area (Å²) in [6.07, 6.45) is 1.78. The third-order valence-corrected chi connectivity index (χ3v) is 6.16. The molecular formula is C14H17BrF2O3S. The molecule has 7 heteroatoms. The maximum Gasteiger partial charge on any atom is 0.150 e. The van der Waals surface area contributed by atoms with E-state index in [4.69, 9.17) is 0 Å². The zero-order valence-electron chi connectivity index (χ0n) is 11.5. The van der Waals surface area contributed by atoms with Crippen LogP contribution in [0.2, 0.25) is 0 Å². The van der Waals surface area contributed by atoms with Crippen LogP contribution in [0.15, 0.2) is 16.6 Å². The highest BCUT2D eigenvalue weighted by Crippen LogP contribution is 2.38. The molecule has 1 saturated carbocycles. The molecule has 0 aliphatic heterocycles. The third-order valence-electron chi connectivity index (χ3n) is 4.06. The van der Waals surface area contributed by atoms with Crippen molar-refractivity contribution >= 4 is 25.8 Å². The molecule has 1 aromatic carbocycles. The van der Waals surface area contributed by atoms with Crippen LogP contribution in [0.3, 0.4) is 0 Å². The number of hydrogen-bond acceptors (Lipinski definition) is 3. The minimum Gasteiger partial charge on any atom is -0.388 e. The number of aliphatic hydroxyl groups is 1. The number of halogens is 3. The van der Waals surface area contributed by atoms with E-state index in [1.165, 1.54) is 0 Å². The Morgan fingerprint density at radius 3 is 2.38 bits per heavy atom. The second-order valence-electron chi connectivity index (χ2n) is 5.61. The first kappa shape index (κ1) is 16.8. The lowest BCUT2D eigenvalue weighted by molar-refractivity contribution is 0.0790. The van der Waals surface area contributed by atoms with Gasteiger partial charge in [-0.2, -0.15) is 0 Å². The van der Waals surface area contributed by atoms with Gasteiger partial charge in [-0.3, -0.25) is 0 Å². The summed E-state index contributed by atoms with van der Waals surface area (Å²) in [6.45, 7) is 0. The normalized spacial score (nSPS) is 24.8. The average molecular weight is 383 g/mol. The Balaban J connectivity index is 2.26. The van der Waals surface area contributed by atoms with Gasteiger partial charge in [0.05, 0.1) is 16.9 Å². The summed E-state index contributed by atoms with van der Waals surface area (Å²) in [5.74, 6) is -2.10. The SMILES string of the molecule is CS(=O)(=O)C1CCCC(C(O)c2c(F)cc(Br)cc2F)C1. The number of rotatable bonds is 3. The standard InChI is InChI=1S/C14H17BrF2O3S/c1-21(19,20)10-4-2-3-8(5-10)14(18)13-11(16)6-9(15)7-12(13)17/h6-8,10,14,18H,2-5H2,1H3. The summed E-state index contributed by atoms with van der Waals surface area (Å²) in [7, 11) is -3.21. The van der Waals surface area contributed by atoms with Crippen molar-refractivity contribution in [3.05, 3.63) is 33.8 Å². The molecule has 2 rings (SSSR count). The average Bonchev–Trinajstić information content (AvgIpc) is 2.36. The molecule has 0 amide bonds. The van der Waals surface area contributed by atoms with E-state index in [2.05, 4.69) is 15.9 Å². The predicted molar refractivity (Wildman–Crippen MR) is 79.6 cm³/mol. The maximum absolute atomic E-state index is 13.9. The predicted octanol–water partition coefficient (Wildman–Crippen LogP) is 3.36. The number of aliphatic hydroxyl groups excluding tert-OH is 1. The van der Waals surface area contributed by atoms with Gasteiger partial charge in [0.15, 0.2) is 0 Å². The lowest BCUT2D eigenvalue weighted by Gasteiger charge is -2.31. The first-order valence-electron chi connectivity index (χ1n) is 6.71. The van der Waals surface area contributed by atoms with E-state index < -0.39 is 38.7 Å². The molecule has 0 spiro atoms. The Hall–Kier alpha value is -0.530. The Labute approximate surface area is 131 Å². The lowest BCUT2D eigenvalue weighted by atomic mass is 9.82. The van der Waals surface area contributed by atoms with Gasteiger partial charge in [-0.1, -0.05) is 22.4 Å². The molecule has 0 heterocycles. The van der Waals surface area contributed by atoms with Gasteiger partial charge in [-0.15, -0.1) is 0 Å². The second-order valence-corrected chi connectivity index (χ2v) is 8.85. The van der Waals surface area contributed by atoms with Crippen LogP contribution in [0.4, 0.5) is 8.78 Å². The molecule has 0 aromatic heterocycles. The van der Waals surface area contributed by atoms with E-state index >= 15 is 0 Å². The molecule has 3 atom stereocenters. The Bertz CT molecular complexity index is 610. The van der Waals surface area contributed by atoms with Crippen molar-refractivity contribution in [3.63, 3.8) is 0 Å². The van der Waals surface area contributed by atoms with Crippen LogP contribution in [-0.2, 0) is 9.84 Å². The van der Waals surface area contributed by atoms with Crippen molar-refractivity contribution in [2.75, 3.05) is 6.26 Å². The van der Waals surface area contributed by atoms with Crippen molar-refractivity contribution in [1.82, 2.24) is 0 Å². The highest BCUT2D eigenvalue weighted by molar-refractivity contribution is 9.10. The molecule has 21 heavy (non-hydrogen) atoms. The molecule has 3 unspecified atom stereocenters. The Morgan fingerprint density at radius 1 is 1.29 bits per heavy atom. The fourth-order valence-electron chi connectivity index (χ4n) is 2.93. The van der Waals surface area contributed by atoms with Crippen LogP contribution < -0.4 is 0 Å². The highest BCUT2D eigenvalue weighted by Gasteiger charge is 2.35. The summed E-state index contributed by atoms with van der Waals surface area (Å²) >= 11 is 2.99. The van der Waals surface area contributed by atoms with Crippen LogP contribution in [0.1, 0.15) is 37.4 Å². The first-order chi connectivity index (χ1) is 9.70. The minimum atomic E-state index is -3.21. The first-order valence-corrected chi connectivity index (χ1v) is 9.46. The van der Waals surface area contributed by atoms with Gasteiger partial charge in [-0.05, 0) is 37.3 Å². The molecule has 0 bridgehead atoms. The van der Waals surface area contributed by atoms with E-state index in [1.54, 1.807) is 0 Å². The second kappa shape index (κ2) is 6.30. The number of benzene rings is 1. The van der Waals surface area contributed by atoms with Gasteiger partial charge in [0.1, 0.15) is 21.5 Å². The summed E-state index contributed by atoms with van der Waals surface area (Å²) in [5, 5.41) is 9.74. The smallest absolute Gasteiger partial charge is 0.150 e. The van der Waals surface area contributed by atoms with Crippen molar-refractivity contribution in [2.24, 2.45) is 5.92 Å². The molecule has 0 saturated heterocycles. The summed E-state index contributed by atoms with van der Waals surface area (Å²) in [6, 6.07) is 2.19. The van der Waals surface area contributed by atoms with E-state index in [9.17, 15) is 22.3 Å². The van der Waals surface area contributed by atoms with Gasteiger partial charge < -0.3 is 5.11 Å². The van der Waals surface area contributed by atoms with Crippen LogP contribution in [0.25, 0.3) is 0 Å². The van der Waals surface area contributed by atoms with Gasteiger partial charge in [0.25, 0.3) is 0 Å². The molecule has 1 aliphatic rings. The van der Waals surface area contributed by atoms with Crippen LogP contribution in [-0.4, -0.2) is 25.0 Å². The molecule has 3 nitrogen and oxygen atoms in total. The summed E-state index contributed by atoms with van der Waals surface area (Å²) in [4.78, 5) is 0. The minimum absolute atomic E-state index is 0.231. The van der Waals surface area contributed by atoms with Gasteiger partial charge in [0.2, 0.25) is 0 Å². The number of sulfone groups is 1. The van der Waals surface area contributed by atoms with Crippen LogP contribution in [0.5, 0.6) is 0 Å². The summed E-state index contributed by atoms with van der Waals surface area (Å²) in [5.41, 5.74) is -0.377. The van der Waals surface area contributed by atoms with E-state index in [0.29, 0.717) is 19.3 Å². The molecule has 118 valence electrons. The zero-order chi connectivity index (χ0) is 15.8. The fourth-order valence-corrected chi connectivity index (χ4v) is 4.52. The molecule has 1 N–H and O–H groups in total. The van der Waals surface area contributed by atoms with Crippen LogP contribution >= 0.6 is 15.9 Å². The van der Waals surface area contributed by atoms with E-state index in [0.717, 1.165) is 18.4 Å². The highest BCUT2D eigenvalue weighted by atomic mass is 79.9. The van der Waals surface area contributed by atoms with Gasteiger partial charge in [-0.25, -0.2) is 17.2 Å². The quantitative estimate of drug-likeness (QED) is 0.871. The monoisotopic (exact) mass is 382 g/mol. The molecule has 1 aromatic rings. The Kier molecular flexibility index (Phi) is 5.05. The van der Waals surface area contributed by atoms with E-state index in [-0.39, 0.29) is 16.5 Å². The van der Waals surface area contributed by atoms with Crippen molar-refractivity contribution in [1.29, 1.82) is 0 Å². The molecule has 1 aliphatic carbocycles. The van der Waals surface area contributed by atoms with Crippen molar-refractivity contribution in [3.8, 4) is 0 Å². The fraction of sp³-hybridized carbons (Fsp3) is 0.571. The van der Waals surface area contributed by atoms with Crippen molar-refractivity contribution in [2.45, 2.75) is 37.0 Å². The maximum atomic E-state index is 13.9. The molecular weight excluding hydrogens is 366 g/mol. The lowest BCUT2D eigenvalue weighted by Crippen LogP contribution is -2.30. The largest absolute Gasteiger partial charge is 0.388 e. The molecule has 0 radical (unpaired) electrons. The number of hydrogen-bond donors (Lipinski definition) is 1. The van der Waals surface area contributed by atoms with Crippen molar-refractivity contribution < 1.29 is 22.3 Å². The molecule has 1 fully saturated rings. The van der Waals surface area contributed by atoms with Gasteiger partial charge in [0, 0.05) is 10.7 Å². The van der Waals surface area contributed by atoms with E-state index in [1.807, 2.05) is 0 Å². The zero-order valence-corrected chi connectivity index (χ0v) is 13.9.